The van der Waals surface area contributed by atoms with Crippen molar-refractivity contribution < 1.29 is 14.9 Å². The number of aliphatic hydroxyl groups is 2. The Morgan fingerprint density at radius 2 is 1.50 bits per heavy atom. The molecule has 2 N–H and O–H groups in total. The Morgan fingerprint density at radius 1 is 0.821 bits per heavy atom. The zero-order valence-electron chi connectivity index (χ0n) is 16.4. The van der Waals surface area contributed by atoms with E-state index >= 15 is 0 Å². The van der Waals surface area contributed by atoms with Crippen LogP contribution in [0.25, 0.3) is 21.5 Å². The van der Waals surface area contributed by atoms with Crippen LogP contribution in [0.5, 0.6) is 5.75 Å². The highest BCUT2D eigenvalue weighted by molar-refractivity contribution is 5.91. The molecule has 0 saturated heterocycles. The van der Waals surface area contributed by atoms with Crippen LogP contribution < -0.4 is 4.74 Å². The van der Waals surface area contributed by atoms with Crippen molar-refractivity contribution in [2.45, 2.75) is 26.6 Å². The van der Waals surface area contributed by atoms with Gasteiger partial charge in [0.2, 0.25) is 0 Å². The number of ether oxygens (including phenoxy) is 1. The predicted molar refractivity (Wildman–Crippen MR) is 114 cm³/mol. The quantitative estimate of drug-likeness (QED) is 0.518. The Labute approximate surface area is 164 Å². The minimum absolute atomic E-state index is 0.0287. The molecule has 28 heavy (non-hydrogen) atoms. The summed E-state index contributed by atoms with van der Waals surface area (Å²) in [6.07, 6.45) is -0.701. The fourth-order valence-electron chi connectivity index (χ4n) is 3.89. The summed E-state index contributed by atoms with van der Waals surface area (Å²) in [6, 6.07) is 20.0. The van der Waals surface area contributed by atoms with Gasteiger partial charge >= 0.3 is 0 Å². The largest absolute Gasteiger partial charge is 0.496 e. The second kappa shape index (κ2) is 7.27. The monoisotopic (exact) mass is 372 g/mol. The molecule has 4 aromatic carbocycles. The zero-order chi connectivity index (χ0) is 19.8. The van der Waals surface area contributed by atoms with Gasteiger partial charge in [-0.05, 0) is 87.5 Å². The summed E-state index contributed by atoms with van der Waals surface area (Å²) in [4.78, 5) is 0. The SMILES string of the molecule is COc1cc(C)c2cc(C(O)c3ccc4cc(CO)ccc4c3)ccc2c1C. The molecular formula is C25H24O3. The average molecular weight is 372 g/mol. The maximum Gasteiger partial charge on any atom is 0.122 e. The number of hydrogen-bond acceptors (Lipinski definition) is 3. The van der Waals surface area contributed by atoms with Crippen LogP contribution in [-0.4, -0.2) is 17.3 Å². The second-order valence-corrected chi connectivity index (χ2v) is 7.33. The Hall–Kier alpha value is -2.88. The minimum atomic E-state index is -0.701. The molecule has 1 unspecified atom stereocenters. The van der Waals surface area contributed by atoms with Crippen molar-refractivity contribution in [2.75, 3.05) is 7.11 Å². The fourth-order valence-corrected chi connectivity index (χ4v) is 3.89. The van der Waals surface area contributed by atoms with Gasteiger partial charge in [-0.15, -0.1) is 0 Å². The van der Waals surface area contributed by atoms with Gasteiger partial charge in [0.05, 0.1) is 13.7 Å². The fraction of sp³-hybridized carbons (Fsp3) is 0.200. The number of benzene rings is 4. The lowest BCUT2D eigenvalue weighted by atomic mass is 9.93. The van der Waals surface area contributed by atoms with Crippen molar-refractivity contribution in [1.29, 1.82) is 0 Å². The van der Waals surface area contributed by atoms with E-state index in [4.69, 9.17) is 4.74 Å². The molecule has 3 heteroatoms. The third-order valence-corrected chi connectivity index (χ3v) is 5.55. The summed E-state index contributed by atoms with van der Waals surface area (Å²) in [5, 5.41) is 24.7. The second-order valence-electron chi connectivity index (χ2n) is 7.33. The van der Waals surface area contributed by atoms with E-state index in [1.54, 1.807) is 7.11 Å². The molecule has 0 aliphatic heterocycles. The Balaban J connectivity index is 1.77. The van der Waals surface area contributed by atoms with Crippen LogP contribution in [0.4, 0.5) is 0 Å². The van der Waals surface area contributed by atoms with Crippen molar-refractivity contribution in [3.8, 4) is 5.75 Å². The number of aryl methyl sites for hydroxylation is 2. The maximum atomic E-state index is 11.0. The highest BCUT2D eigenvalue weighted by Crippen LogP contribution is 2.34. The first-order valence-corrected chi connectivity index (χ1v) is 9.41. The first kappa shape index (κ1) is 18.5. The van der Waals surface area contributed by atoms with Crippen molar-refractivity contribution in [3.05, 3.63) is 88.5 Å². The molecule has 0 radical (unpaired) electrons. The topological polar surface area (TPSA) is 49.7 Å². The predicted octanol–water partition coefficient (Wildman–Crippen LogP) is 5.19. The highest BCUT2D eigenvalue weighted by atomic mass is 16.5. The molecule has 0 aliphatic carbocycles. The number of rotatable bonds is 4. The Bertz CT molecular complexity index is 1180. The molecule has 3 nitrogen and oxygen atoms in total. The summed E-state index contributed by atoms with van der Waals surface area (Å²) in [5.41, 5.74) is 4.84. The van der Waals surface area contributed by atoms with Crippen LogP contribution in [0.2, 0.25) is 0 Å². The van der Waals surface area contributed by atoms with Crippen molar-refractivity contribution in [2.24, 2.45) is 0 Å². The van der Waals surface area contributed by atoms with Gasteiger partial charge < -0.3 is 14.9 Å². The van der Waals surface area contributed by atoms with Crippen molar-refractivity contribution >= 4 is 21.5 Å². The van der Waals surface area contributed by atoms with Crippen LogP contribution in [-0.2, 0) is 6.61 Å². The van der Waals surface area contributed by atoms with Crippen LogP contribution in [0, 0.1) is 13.8 Å². The van der Waals surface area contributed by atoms with Gasteiger partial charge in [0.25, 0.3) is 0 Å². The molecule has 0 fully saturated rings. The molecule has 0 aliphatic rings. The average Bonchev–Trinajstić information content (AvgIpc) is 2.74. The van der Waals surface area contributed by atoms with Crippen molar-refractivity contribution in [1.82, 2.24) is 0 Å². The summed E-state index contributed by atoms with van der Waals surface area (Å²) >= 11 is 0. The van der Waals surface area contributed by atoms with Crippen LogP contribution in [0.3, 0.4) is 0 Å². The number of fused-ring (bicyclic) bond motifs is 2. The van der Waals surface area contributed by atoms with Crippen LogP contribution >= 0.6 is 0 Å². The molecule has 0 heterocycles. The van der Waals surface area contributed by atoms with Gasteiger partial charge in [0.1, 0.15) is 11.9 Å². The van der Waals surface area contributed by atoms with E-state index in [9.17, 15) is 10.2 Å². The molecule has 0 bridgehead atoms. The van der Waals surface area contributed by atoms with Gasteiger partial charge in [-0.1, -0.05) is 36.4 Å². The first-order chi connectivity index (χ1) is 13.5. The molecule has 0 amide bonds. The number of hydrogen-bond donors (Lipinski definition) is 2. The van der Waals surface area contributed by atoms with Crippen LogP contribution in [0.15, 0.2) is 60.7 Å². The normalized spacial score (nSPS) is 12.5. The summed E-state index contributed by atoms with van der Waals surface area (Å²) in [6.45, 7) is 4.15. The third kappa shape index (κ3) is 3.13. The minimum Gasteiger partial charge on any atom is -0.496 e. The molecule has 4 aromatic rings. The zero-order valence-corrected chi connectivity index (χ0v) is 16.4. The first-order valence-electron chi connectivity index (χ1n) is 9.41. The Morgan fingerprint density at radius 3 is 2.25 bits per heavy atom. The molecule has 0 spiro atoms. The number of methoxy groups -OCH3 is 1. The van der Waals surface area contributed by atoms with E-state index in [-0.39, 0.29) is 6.61 Å². The molecule has 1 atom stereocenters. The molecular weight excluding hydrogens is 348 g/mol. The van der Waals surface area contributed by atoms with Gasteiger partial charge in [-0.2, -0.15) is 0 Å². The summed E-state index contributed by atoms with van der Waals surface area (Å²) in [5.74, 6) is 0.884. The van der Waals surface area contributed by atoms with Gasteiger partial charge in [-0.3, -0.25) is 0 Å². The maximum absolute atomic E-state index is 11.0. The standard InChI is InChI=1S/C25H24O3/c1-15-10-24(28-3)16(2)22-9-8-21(13-23(15)22)25(27)20-7-6-18-11-17(14-26)4-5-19(18)12-20/h4-13,25-27H,14H2,1-3H3. The van der Waals surface area contributed by atoms with Gasteiger partial charge in [0.15, 0.2) is 0 Å². The smallest absolute Gasteiger partial charge is 0.122 e. The van der Waals surface area contributed by atoms with Crippen LogP contribution in [0.1, 0.15) is 33.9 Å². The van der Waals surface area contributed by atoms with E-state index in [1.807, 2.05) is 48.5 Å². The van der Waals surface area contributed by atoms with E-state index in [2.05, 4.69) is 26.0 Å². The Kier molecular flexibility index (Phi) is 4.80. The number of aliphatic hydroxyl groups excluding tert-OH is 2. The third-order valence-electron chi connectivity index (χ3n) is 5.55. The van der Waals surface area contributed by atoms with Gasteiger partial charge in [-0.25, -0.2) is 0 Å². The highest BCUT2D eigenvalue weighted by Gasteiger charge is 2.14. The molecule has 4 rings (SSSR count). The lowest BCUT2D eigenvalue weighted by molar-refractivity contribution is 0.220. The van der Waals surface area contributed by atoms with E-state index in [0.717, 1.165) is 55.1 Å². The molecule has 142 valence electrons. The van der Waals surface area contributed by atoms with E-state index < -0.39 is 6.10 Å². The molecule has 0 aromatic heterocycles. The summed E-state index contributed by atoms with van der Waals surface area (Å²) in [7, 11) is 1.69. The van der Waals surface area contributed by atoms with E-state index in [0.29, 0.717) is 0 Å². The molecule has 0 saturated carbocycles. The van der Waals surface area contributed by atoms with E-state index in [1.165, 1.54) is 0 Å². The van der Waals surface area contributed by atoms with Crippen molar-refractivity contribution in [3.63, 3.8) is 0 Å². The van der Waals surface area contributed by atoms with Gasteiger partial charge in [0, 0.05) is 0 Å². The summed E-state index contributed by atoms with van der Waals surface area (Å²) < 4.78 is 5.47. The lowest BCUT2D eigenvalue weighted by Crippen LogP contribution is -2.00. The lowest BCUT2D eigenvalue weighted by Gasteiger charge is -2.16.